The number of ether oxygens (including phenoxy) is 3. The fourth-order valence-corrected chi connectivity index (χ4v) is 3.15. The number of anilines is 1. The number of para-hydroxylation sites is 3. The van der Waals surface area contributed by atoms with E-state index in [1.54, 1.807) is 60.7 Å². The largest absolute Gasteiger partial charge is 0.495 e. The molecule has 0 aliphatic heterocycles. The van der Waals surface area contributed by atoms with Gasteiger partial charge in [0.05, 0.1) is 23.2 Å². The molecule has 1 amide bonds. The second-order valence-electron chi connectivity index (χ2n) is 6.66. The number of rotatable bonds is 7. The Bertz CT molecular complexity index is 1330. The fourth-order valence-electron chi connectivity index (χ4n) is 2.98. The van der Waals surface area contributed by atoms with Gasteiger partial charge in [0.1, 0.15) is 29.1 Å². The molecule has 7 nitrogen and oxygen atoms in total. The van der Waals surface area contributed by atoms with Crippen LogP contribution in [-0.4, -0.2) is 19.6 Å². The lowest BCUT2D eigenvalue weighted by molar-refractivity contribution is -0.118. The summed E-state index contributed by atoms with van der Waals surface area (Å²) in [6.45, 7) is -0.235. The highest BCUT2D eigenvalue weighted by Gasteiger charge is 2.13. The van der Waals surface area contributed by atoms with Gasteiger partial charge in [-0.1, -0.05) is 35.9 Å². The standard InChI is InChI=1S/C24H18ClNO6/c1-29-20-9-5-3-7-18(20)26-23(27)14-30-15-10-11-16-21(12-15)31-13-22(24(16)28)32-19-8-4-2-6-17(19)25/h2-13H,14H2,1H3,(H,26,27). The molecule has 4 aromatic rings. The molecule has 0 bridgehead atoms. The lowest BCUT2D eigenvalue weighted by Gasteiger charge is -2.11. The first-order chi connectivity index (χ1) is 15.5. The van der Waals surface area contributed by atoms with E-state index in [4.69, 9.17) is 30.2 Å². The topological polar surface area (TPSA) is 87.0 Å². The third-order valence-corrected chi connectivity index (χ3v) is 4.83. The molecule has 4 rings (SSSR count). The summed E-state index contributed by atoms with van der Waals surface area (Å²) in [5.74, 6) is 0.913. The average Bonchev–Trinajstić information content (AvgIpc) is 2.81. The van der Waals surface area contributed by atoms with Crippen molar-refractivity contribution in [1.82, 2.24) is 0 Å². The number of hydrogen-bond acceptors (Lipinski definition) is 6. The zero-order valence-corrected chi connectivity index (χ0v) is 17.7. The molecule has 0 spiro atoms. The minimum absolute atomic E-state index is 0.00968. The molecule has 162 valence electrons. The summed E-state index contributed by atoms with van der Waals surface area (Å²) >= 11 is 6.08. The Labute approximate surface area is 188 Å². The minimum atomic E-state index is -0.362. The number of halogens is 1. The van der Waals surface area contributed by atoms with Gasteiger partial charge in [0.2, 0.25) is 11.2 Å². The Morgan fingerprint density at radius 1 is 1.00 bits per heavy atom. The molecule has 32 heavy (non-hydrogen) atoms. The maximum atomic E-state index is 12.7. The summed E-state index contributed by atoms with van der Waals surface area (Å²) in [4.78, 5) is 25.0. The van der Waals surface area contributed by atoms with Gasteiger partial charge in [-0.2, -0.15) is 0 Å². The van der Waals surface area contributed by atoms with E-state index < -0.39 is 0 Å². The fraction of sp³-hybridized carbons (Fsp3) is 0.0833. The van der Waals surface area contributed by atoms with Crippen molar-refractivity contribution < 1.29 is 23.4 Å². The molecule has 0 atom stereocenters. The van der Waals surface area contributed by atoms with Gasteiger partial charge < -0.3 is 23.9 Å². The minimum Gasteiger partial charge on any atom is -0.495 e. The molecular weight excluding hydrogens is 434 g/mol. The van der Waals surface area contributed by atoms with E-state index in [2.05, 4.69) is 5.32 Å². The van der Waals surface area contributed by atoms with Crippen molar-refractivity contribution in [1.29, 1.82) is 0 Å². The van der Waals surface area contributed by atoms with Gasteiger partial charge >= 0.3 is 0 Å². The Hall–Kier alpha value is -3.97. The molecule has 8 heteroatoms. The Morgan fingerprint density at radius 2 is 1.75 bits per heavy atom. The summed E-state index contributed by atoms with van der Waals surface area (Å²) in [7, 11) is 1.52. The number of hydrogen-bond donors (Lipinski definition) is 1. The molecule has 1 N–H and O–H groups in total. The van der Waals surface area contributed by atoms with Gasteiger partial charge in [-0.05, 0) is 36.4 Å². The first-order valence-electron chi connectivity index (χ1n) is 9.59. The molecule has 0 unspecified atom stereocenters. The molecule has 1 heterocycles. The zero-order chi connectivity index (χ0) is 22.5. The van der Waals surface area contributed by atoms with Crippen LogP contribution in [0.15, 0.2) is 82.2 Å². The number of benzene rings is 3. The Balaban J connectivity index is 1.46. The van der Waals surface area contributed by atoms with Crippen molar-refractivity contribution in [2.24, 2.45) is 0 Å². The van der Waals surface area contributed by atoms with Crippen LogP contribution in [-0.2, 0) is 4.79 Å². The highest BCUT2D eigenvalue weighted by Crippen LogP contribution is 2.29. The van der Waals surface area contributed by atoms with Gasteiger partial charge in [0.25, 0.3) is 5.91 Å². The lowest BCUT2D eigenvalue weighted by Crippen LogP contribution is -2.20. The molecule has 3 aromatic carbocycles. The quantitative estimate of drug-likeness (QED) is 0.412. The van der Waals surface area contributed by atoms with Crippen molar-refractivity contribution in [3.05, 3.63) is 88.2 Å². The summed E-state index contributed by atoms with van der Waals surface area (Å²) in [6, 6.07) is 18.5. The predicted molar refractivity (Wildman–Crippen MR) is 121 cm³/mol. The number of nitrogens with one attached hydrogen (secondary N) is 1. The van der Waals surface area contributed by atoms with Gasteiger partial charge in [-0.3, -0.25) is 9.59 Å². The number of carbonyl (C=O) groups excluding carboxylic acids is 1. The van der Waals surface area contributed by atoms with Gasteiger partial charge in [-0.25, -0.2) is 0 Å². The van der Waals surface area contributed by atoms with Gasteiger partial charge in [0.15, 0.2) is 6.61 Å². The van der Waals surface area contributed by atoms with E-state index in [1.807, 2.05) is 0 Å². The number of methoxy groups -OCH3 is 1. The van der Waals surface area contributed by atoms with Crippen LogP contribution in [0, 0.1) is 0 Å². The van der Waals surface area contributed by atoms with Crippen LogP contribution in [0.3, 0.4) is 0 Å². The maximum absolute atomic E-state index is 12.7. The average molecular weight is 452 g/mol. The molecule has 1 aromatic heterocycles. The van der Waals surface area contributed by atoms with Crippen LogP contribution in [0.1, 0.15) is 0 Å². The monoisotopic (exact) mass is 451 g/mol. The van der Waals surface area contributed by atoms with Crippen LogP contribution in [0.25, 0.3) is 11.0 Å². The van der Waals surface area contributed by atoms with E-state index in [-0.39, 0.29) is 23.7 Å². The van der Waals surface area contributed by atoms with E-state index in [9.17, 15) is 9.59 Å². The van der Waals surface area contributed by atoms with E-state index in [1.165, 1.54) is 19.4 Å². The molecule has 0 aliphatic carbocycles. The smallest absolute Gasteiger partial charge is 0.262 e. The highest BCUT2D eigenvalue weighted by atomic mass is 35.5. The van der Waals surface area contributed by atoms with Gasteiger partial charge in [0, 0.05) is 6.07 Å². The van der Waals surface area contributed by atoms with Gasteiger partial charge in [-0.15, -0.1) is 0 Å². The maximum Gasteiger partial charge on any atom is 0.262 e. The zero-order valence-electron chi connectivity index (χ0n) is 17.0. The Morgan fingerprint density at radius 3 is 2.53 bits per heavy atom. The first-order valence-corrected chi connectivity index (χ1v) is 9.96. The lowest BCUT2D eigenvalue weighted by atomic mass is 10.2. The summed E-state index contributed by atoms with van der Waals surface area (Å²) in [6.07, 6.45) is 1.21. The molecule has 0 fully saturated rings. The van der Waals surface area contributed by atoms with Crippen LogP contribution in [0.5, 0.6) is 23.0 Å². The third kappa shape index (κ3) is 4.68. The van der Waals surface area contributed by atoms with Crippen LogP contribution in [0.2, 0.25) is 5.02 Å². The summed E-state index contributed by atoms with van der Waals surface area (Å²) in [5, 5.41) is 3.41. The normalized spacial score (nSPS) is 10.6. The number of fused-ring (bicyclic) bond motifs is 1. The van der Waals surface area contributed by atoms with Crippen molar-refractivity contribution in [2.45, 2.75) is 0 Å². The molecule has 0 aliphatic rings. The predicted octanol–water partition coefficient (Wildman–Crippen LogP) is 5.26. The molecule has 0 saturated heterocycles. The van der Waals surface area contributed by atoms with Crippen molar-refractivity contribution in [3.8, 4) is 23.0 Å². The molecular formula is C24H18ClNO6. The summed E-state index contributed by atoms with van der Waals surface area (Å²) in [5.41, 5.74) is 0.481. The SMILES string of the molecule is COc1ccccc1NC(=O)COc1ccc2c(=O)c(Oc3ccccc3Cl)coc2c1. The van der Waals surface area contributed by atoms with Crippen LogP contribution < -0.4 is 25.0 Å². The molecule has 0 saturated carbocycles. The van der Waals surface area contributed by atoms with E-state index >= 15 is 0 Å². The molecule has 0 radical (unpaired) electrons. The van der Waals surface area contributed by atoms with E-state index in [0.29, 0.717) is 38.9 Å². The second-order valence-corrected chi connectivity index (χ2v) is 7.06. The summed E-state index contributed by atoms with van der Waals surface area (Å²) < 4.78 is 21.9. The van der Waals surface area contributed by atoms with E-state index in [0.717, 1.165) is 0 Å². The van der Waals surface area contributed by atoms with Crippen molar-refractivity contribution in [3.63, 3.8) is 0 Å². The van der Waals surface area contributed by atoms with Crippen LogP contribution in [0.4, 0.5) is 5.69 Å². The van der Waals surface area contributed by atoms with Crippen molar-refractivity contribution in [2.75, 3.05) is 19.0 Å². The number of carbonyl (C=O) groups is 1. The highest BCUT2D eigenvalue weighted by molar-refractivity contribution is 6.32. The third-order valence-electron chi connectivity index (χ3n) is 4.52. The number of amides is 1. The van der Waals surface area contributed by atoms with Crippen molar-refractivity contribution >= 4 is 34.2 Å². The second kappa shape index (κ2) is 9.45. The first kappa shape index (κ1) is 21.3. The Kier molecular flexibility index (Phi) is 6.28. The van der Waals surface area contributed by atoms with Crippen LogP contribution >= 0.6 is 11.6 Å².